The summed E-state index contributed by atoms with van der Waals surface area (Å²) in [6.45, 7) is 2.81. The van der Waals surface area contributed by atoms with E-state index in [1.165, 1.54) is 0 Å². The van der Waals surface area contributed by atoms with Gasteiger partial charge in [0.2, 0.25) is 0 Å². The number of hydrogen-bond acceptors (Lipinski definition) is 2. The van der Waals surface area contributed by atoms with Gasteiger partial charge in [-0.05, 0) is 6.42 Å². The zero-order valence-corrected chi connectivity index (χ0v) is 8.04. The quantitative estimate of drug-likeness (QED) is 0.217. The zero-order chi connectivity index (χ0) is 10.1. The topological polar surface area (TPSA) is 79.6 Å². The normalized spacial score (nSPS) is 11.1. The minimum atomic E-state index is -0.724. The minimum Gasteiger partial charge on any atom is -0.354 e. The Morgan fingerprint density at radius 3 is 2.69 bits per heavy atom. The van der Waals surface area contributed by atoms with Crippen molar-refractivity contribution < 1.29 is 5.03 Å². The molecule has 0 aromatic heterocycles. The molecule has 0 unspecified atom stereocenters. The van der Waals surface area contributed by atoms with E-state index < -0.39 is 5.03 Å². The van der Waals surface area contributed by atoms with Crippen molar-refractivity contribution in [3.63, 3.8) is 0 Å². The summed E-state index contributed by atoms with van der Waals surface area (Å²) in [4.78, 5) is 10.00. The molecule has 6 nitrogen and oxygen atoms in total. The highest BCUT2D eigenvalue weighted by molar-refractivity contribution is 5.78. The Labute approximate surface area is 77.5 Å². The summed E-state index contributed by atoms with van der Waals surface area (Å²) in [7, 11) is 1.59. The lowest BCUT2D eigenvalue weighted by molar-refractivity contribution is -0.485. The number of nitro groups is 1. The van der Waals surface area contributed by atoms with Gasteiger partial charge in [-0.3, -0.25) is 0 Å². The van der Waals surface area contributed by atoms with Crippen LogP contribution in [-0.2, 0) is 0 Å². The lowest BCUT2D eigenvalue weighted by atomic mass is 10.2. The van der Waals surface area contributed by atoms with Crippen molar-refractivity contribution in [3.8, 4) is 0 Å². The highest BCUT2D eigenvalue weighted by Gasteiger charge is 1.99. The van der Waals surface area contributed by atoms with Crippen molar-refractivity contribution in [2.75, 3.05) is 13.6 Å². The Morgan fingerprint density at radius 2 is 2.23 bits per heavy atom. The van der Waals surface area contributed by atoms with E-state index in [-0.39, 0.29) is 5.96 Å². The molecule has 0 spiro atoms. The first-order chi connectivity index (χ1) is 6.20. The lowest BCUT2D eigenvalue weighted by Gasteiger charge is -2.04. The second kappa shape index (κ2) is 7.33. The Hall–Kier alpha value is -1.33. The molecule has 0 amide bonds. The first-order valence-corrected chi connectivity index (χ1v) is 4.35. The van der Waals surface area contributed by atoms with Crippen LogP contribution >= 0.6 is 0 Å². The third-order valence-electron chi connectivity index (χ3n) is 1.49. The standard InChI is InChI=1S/C7H16N4O2/c1-3-4-5-6-9-7(8-2)10-11(12)13/h3-6H2,1-2H3,(H2,8,9,10). The van der Waals surface area contributed by atoms with Crippen LogP contribution in [0.15, 0.2) is 5.10 Å². The molecule has 0 heterocycles. The van der Waals surface area contributed by atoms with Gasteiger partial charge in [-0.25, -0.2) is 10.1 Å². The van der Waals surface area contributed by atoms with Gasteiger partial charge in [0, 0.05) is 13.6 Å². The molecule has 0 aromatic rings. The van der Waals surface area contributed by atoms with Crippen LogP contribution in [0.5, 0.6) is 0 Å². The molecule has 76 valence electrons. The van der Waals surface area contributed by atoms with Gasteiger partial charge in [0.1, 0.15) is 5.10 Å². The molecule has 0 aliphatic heterocycles. The fourth-order valence-electron chi connectivity index (χ4n) is 0.837. The number of guanidine groups is 1. The van der Waals surface area contributed by atoms with E-state index in [2.05, 4.69) is 22.7 Å². The van der Waals surface area contributed by atoms with Crippen molar-refractivity contribution in [2.24, 2.45) is 5.10 Å². The Balaban J connectivity index is 3.66. The van der Waals surface area contributed by atoms with Gasteiger partial charge in [-0.15, -0.1) is 0 Å². The minimum absolute atomic E-state index is 0.209. The highest BCUT2D eigenvalue weighted by atomic mass is 16.7. The summed E-state index contributed by atoms with van der Waals surface area (Å²) in [5, 5.41) is 17.8. The van der Waals surface area contributed by atoms with Gasteiger partial charge < -0.3 is 10.6 Å². The van der Waals surface area contributed by atoms with E-state index in [1.54, 1.807) is 7.05 Å². The van der Waals surface area contributed by atoms with Crippen LogP contribution in [0.4, 0.5) is 0 Å². The van der Waals surface area contributed by atoms with Crippen LogP contribution in [0.3, 0.4) is 0 Å². The number of nitrogens with zero attached hydrogens (tertiary/aromatic N) is 2. The maximum absolute atomic E-state index is 10.00. The summed E-state index contributed by atoms with van der Waals surface area (Å²) < 4.78 is 0. The molecule has 0 atom stereocenters. The largest absolute Gasteiger partial charge is 0.354 e. The number of hydrogen-bond donors (Lipinski definition) is 2. The number of nitrogens with one attached hydrogen (secondary N) is 2. The molecule has 13 heavy (non-hydrogen) atoms. The Kier molecular flexibility index (Phi) is 6.58. The van der Waals surface area contributed by atoms with E-state index in [0.29, 0.717) is 6.54 Å². The fourth-order valence-corrected chi connectivity index (χ4v) is 0.837. The van der Waals surface area contributed by atoms with Crippen molar-refractivity contribution in [1.82, 2.24) is 10.6 Å². The summed E-state index contributed by atoms with van der Waals surface area (Å²) in [5.74, 6) is 0.209. The second-order valence-electron chi connectivity index (χ2n) is 2.57. The summed E-state index contributed by atoms with van der Waals surface area (Å²) in [5.41, 5.74) is 0. The summed E-state index contributed by atoms with van der Waals surface area (Å²) in [6.07, 6.45) is 3.24. The lowest BCUT2D eigenvalue weighted by Crippen LogP contribution is -2.36. The molecule has 0 aromatic carbocycles. The van der Waals surface area contributed by atoms with E-state index in [0.717, 1.165) is 19.3 Å². The van der Waals surface area contributed by atoms with E-state index >= 15 is 0 Å². The average Bonchev–Trinajstić information content (AvgIpc) is 2.09. The summed E-state index contributed by atoms with van der Waals surface area (Å²) in [6, 6.07) is 0. The van der Waals surface area contributed by atoms with Crippen LogP contribution in [0, 0.1) is 10.1 Å². The van der Waals surface area contributed by atoms with Crippen LogP contribution in [0.25, 0.3) is 0 Å². The Morgan fingerprint density at radius 1 is 1.54 bits per heavy atom. The molecule has 6 heteroatoms. The third kappa shape index (κ3) is 7.04. The number of hydrazone groups is 1. The molecule has 0 bridgehead atoms. The molecular weight excluding hydrogens is 172 g/mol. The SMILES string of the molecule is CCCCCN/C(=N/[N+](=O)[O-])NC. The zero-order valence-electron chi connectivity index (χ0n) is 8.04. The van der Waals surface area contributed by atoms with Gasteiger partial charge in [-0.2, -0.15) is 0 Å². The average molecular weight is 188 g/mol. The molecule has 2 N–H and O–H groups in total. The van der Waals surface area contributed by atoms with E-state index in [1.807, 2.05) is 0 Å². The Bertz CT molecular complexity index is 181. The van der Waals surface area contributed by atoms with Gasteiger partial charge >= 0.3 is 0 Å². The van der Waals surface area contributed by atoms with E-state index in [9.17, 15) is 10.1 Å². The van der Waals surface area contributed by atoms with Crippen LogP contribution in [0.2, 0.25) is 0 Å². The first-order valence-electron chi connectivity index (χ1n) is 4.35. The van der Waals surface area contributed by atoms with Gasteiger partial charge in [0.15, 0.2) is 5.03 Å². The summed E-state index contributed by atoms with van der Waals surface area (Å²) >= 11 is 0. The monoisotopic (exact) mass is 188 g/mol. The fraction of sp³-hybridized carbons (Fsp3) is 0.857. The molecule has 0 saturated carbocycles. The molecule has 0 radical (unpaired) electrons. The first kappa shape index (κ1) is 11.7. The van der Waals surface area contributed by atoms with Crippen molar-refractivity contribution in [3.05, 3.63) is 10.1 Å². The predicted molar refractivity (Wildman–Crippen MR) is 51.0 cm³/mol. The van der Waals surface area contributed by atoms with Gasteiger partial charge in [0.25, 0.3) is 5.96 Å². The van der Waals surface area contributed by atoms with Crippen LogP contribution in [-0.4, -0.2) is 24.6 Å². The third-order valence-corrected chi connectivity index (χ3v) is 1.49. The van der Waals surface area contributed by atoms with Crippen molar-refractivity contribution >= 4 is 5.96 Å². The molecule has 0 aliphatic carbocycles. The van der Waals surface area contributed by atoms with Crippen molar-refractivity contribution in [2.45, 2.75) is 26.2 Å². The molecule has 0 fully saturated rings. The van der Waals surface area contributed by atoms with Crippen LogP contribution < -0.4 is 10.6 Å². The predicted octanol–water partition coefficient (Wildman–Crippen LogP) is 0.533. The van der Waals surface area contributed by atoms with E-state index in [4.69, 9.17) is 0 Å². The molecule has 0 aliphatic rings. The second-order valence-corrected chi connectivity index (χ2v) is 2.57. The molecule has 0 saturated heterocycles. The maximum Gasteiger partial charge on any atom is 0.268 e. The number of rotatable bonds is 5. The van der Waals surface area contributed by atoms with Crippen molar-refractivity contribution in [1.29, 1.82) is 0 Å². The maximum atomic E-state index is 10.00. The molecular formula is C7H16N4O2. The van der Waals surface area contributed by atoms with Crippen LogP contribution in [0.1, 0.15) is 26.2 Å². The molecule has 0 rings (SSSR count). The van der Waals surface area contributed by atoms with Gasteiger partial charge in [-0.1, -0.05) is 19.8 Å². The highest BCUT2D eigenvalue weighted by Crippen LogP contribution is 1.90. The number of unbranched alkanes of at least 4 members (excludes halogenated alkanes) is 2. The van der Waals surface area contributed by atoms with Gasteiger partial charge in [0.05, 0.1) is 0 Å². The smallest absolute Gasteiger partial charge is 0.268 e.